The van der Waals surface area contributed by atoms with Gasteiger partial charge in [0.2, 0.25) is 5.95 Å². The van der Waals surface area contributed by atoms with Crippen molar-refractivity contribution in [1.82, 2.24) is 9.97 Å². The molecule has 18 heavy (non-hydrogen) atoms. The highest BCUT2D eigenvalue weighted by atomic mass is 35.5. The van der Waals surface area contributed by atoms with E-state index in [-0.39, 0.29) is 0 Å². The third-order valence-electron chi connectivity index (χ3n) is 3.31. The highest BCUT2D eigenvalue weighted by molar-refractivity contribution is 6.32. The van der Waals surface area contributed by atoms with E-state index in [0.29, 0.717) is 11.0 Å². The summed E-state index contributed by atoms with van der Waals surface area (Å²) in [7, 11) is 0. The number of nitrogens with zero attached hydrogens (tertiary/aromatic N) is 2. The monoisotopic (exact) mass is 268 g/mol. The lowest BCUT2D eigenvalue weighted by Crippen LogP contribution is -2.13. The first kappa shape index (κ1) is 13.4. The summed E-state index contributed by atoms with van der Waals surface area (Å²) in [4.78, 5) is 8.57. The number of rotatable bonds is 6. The van der Waals surface area contributed by atoms with Gasteiger partial charge in [-0.05, 0) is 25.2 Å². The Bertz CT molecular complexity index is 377. The Balaban J connectivity index is 1.92. The minimum absolute atomic E-state index is 0.593. The predicted octanol–water partition coefficient (Wildman–Crippen LogP) is 3.55. The first-order valence-electron chi connectivity index (χ1n) is 6.80. The molecule has 0 saturated heterocycles. The maximum Gasteiger partial charge on any atom is 0.224 e. The first-order chi connectivity index (χ1) is 8.79. The maximum atomic E-state index is 6.10. The van der Waals surface area contributed by atoms with Gasteiger partial charge in [-0.25, -0.2) is 4.98 Å². The largest absolute Gasteiger partial charge is 0.368 e. The van der Waals surface area contributed by atoms with Crippen molar-refractivity contribution in [3.05, 3.63) is 11.2 Å². The van der Waals surface area contributed by atoms with Crippen molar-refractivity contribution in [2.45, 2.75) is 39.0 Å². The molecule has 1 aromatic rings. The number of halogens is 1. The Morgan fingerprint density at radius 2 is 2.11 bits per heavy atom. The fourth-order valence-corrected chi connectivity index (χ4v) is 2.43. The molecule has 1 aliphatic rings. The van der Waals surface area contributed by atoms with Gasteiger partial charge in [0.15, 0.2) is 0 Å². The smallest absolute Gasteiger partial charge is 0.224 e. The lowest BCUT2D eigenvalue weighted by atomic mass is 10.1. The quantitative estimate of drug-likeness (QED) is 0.828. The average Bonchev–Trinajstić information content (AvgIpc) is 2.89. The van der Waals surface area contributed by atoms with Gasteiger partial charge in [0.25, 0.3) is 0 Å². The van der Waals surface area contributed by atoms with Gasteiger partial charge in [-0.15, -0.1) is 0 Å². The maximum absolute atomic E-state index is 6.10. The van der Waals surface area contributed by atoms with Crippen LogP contribution in [0.1, 0.15) is 39.0 Å². The number of hydrogen-bond acceptors (Lipinski definition) is 4. The van der Waals surface area contributed by atoms with Crippen molar-refractivity contribution in [2.24, 2.45) is 5.92 Å². The summed E-state index contributed by atoms with van der Waals surface area (Å²) in [6, 6.07) is 0. The molecule has 2 rings (SSSR count). The van der Waals surface area contributed by atoms with Gasteiger partial charge in [0, 0.05) is 13.1 Å². The second-order valence-corrected chi connectivity index (χ2v) is 5.26. The molecule has 4 nitrogen and oxygen atoms in total. The van der Waals surface area contributed by atoms with Crippen LogP contribution < -0.4 is 10.6 Å². The zero-order valence-corrected chi connectivity index (χ0v) is 11.6. The lowest BCUT2D eigenvalue weighted by molar-refractivity contribution is 0.579. The zero-order valence-electron chi connectivity index (χ0n) is 10.9. The van der Waals surface area contributed by atoms with Crippen molar-refractivity contribution in [3.63, 3.8) is 0 Å². The molecular formula is C13H21ClN4. The highest BCUT2D eigenvalue weighted by Crippen LogP contribution is 2.26. The molecular weight excluding hydrogens is 248 g/mol. The van der Waals surface area contributed by atoms with Crippen LogP contribution in [0.25, 0.3) is 0 Å². The third kappa shape index (κ3) is 3.73. The Morgan fingerprint density at radius 1 is 1.33 bits per heavy atom. The van der Waals surface area contributed by atoms with Gasteiger partial charge in [0.05, 0.1) is 6.20 Å². The molecule has 0 aliphatic heterocycles. The van der Waals surface area contributed by atoms with Crippen LogP contribution in [-0.4, -0.2) is 23.1 Å². The number of hydrogen-bond donors (Lipinski definition) is 2. The van der Waals surface area contributed by atoms with Crippen LogP contribution in [0.4, 0.5) is 11.8 Å². The minimum Gasteiger partial charge on any atom is -0.368 e. The summed E-state index contributed by atoms with van der Waals surface area (Å²) in [6.07, 6.45) is 8.05. The molecule has 5 heteroatoms. The summed E-state index contributed by atoms with van der Waals surface area (Å²) >= 11 is 6.10. The van der Waals surface area contributed by atoms with E-state index >= 15 is 0 Å². The van der Waals surface area contributed by atoms with E-state index in [1.165, 1.54) is 25.7 Å². The van der Waals surface area contributed by atoms with E-state index < -0.39 is 0 Å². The standard InChI is InChI=1S/C13H21ClN4/c1-2-7-15-13-17-9-11(14)12(18-13)16-8-10-5-3-4-6-10/h9-10H,2-8H2,1H3,(H2,15,16,17,18). The molecule has 100 valence electrons. The molecule has 1 aliphatic carbocycles. The van der Waals surface area contributed by atoms with Gasteiger partial charge >= 0.3 is 0 Å². The third-order valence-corrected chi connectivity index (χ3v) is 3.59. The highest BCUT2D eigenvalue weighted by Gasteiger charge is 2.15. The molecule has 1 saturated carbocycles. The van der Waals surface area contributed by atoms with Gasteiger partial charge in [-0.2, -0.15) is 4.98 Å². The van der Waals surface area contributed by atoms with Crippen molar-refractivity contribution in [2.75, 3.05) is 23.7 Å². The van der Waals surface area contributed by atoms with Crippen LogP contribution in [0.5, 0.6) is 0 Å². The van der Waals surface area contributed by atoms with E-state index in [2.05, 4.69) is 27.5 Å². The SMILES string of the molecule is CCCNc1ncc(Cl)c(NCC2CCCC2)n1. The molecule has 1 heterocycles. The fraction of sp³-hybridized carbons (Fsp3) is 0.692. The van der Waals surface area contributed by atoms with Crippen molar-refractivity contribution in [3.8, 4) is 0 Å². The second-order valence-electron chi connectivity index (χ2n) is 4.85. The van der Waals surface area contributed by atoms with E-state index in [0.717, 1.165) is 31.2 Å². The first-order valence-corrected chi connectivity index (χ1v) is 7.17. The molecule has 1 fully saturated rings. The summed E-state index contributed by atoms with van der Waals surface area (Å²) in [5.74, 6) is 2.16. The zero-order chi connectivity index (χ0) is 12.8. The van der Waals surface area contributed by atoms with Crippen molar-refractivity contribution in [1.29, 1.82) is 0 Å². The molecule has 0 radical (unpaired) electrons. The Morgan fingerprint density at radius 3 is 2.83 bits per heavy atom. The average molecular weight is 269 g/mol. The Hall–Kier alpha value is -1.03. The van der Waals surface area contributed by atoms with Gasteiger partial charge < -0.3 is 10.6 Å². The van der Waals surface area contributed by atoms with E-state index in [1.54, 1.807) is 6.20 Å². The van der Waals surface area contributed by atoms with Crippen LogP contribution >= 0.6 is 11.6 Å². The van der Waals surface area contributed by atoms with Crippen molar-refractivity contribution >= 4 is 23.4 Å². The molecule has 0 amide bonds. The van der Waals surface area contributed by atoms with Crippen molar-refractivity contribution < 1.29 is 0 Å². The van der Waals surface area contributed by atoms with Gasteiger partial charge in [-0.1, -0.05) is 31.4 Å². The van der Waals surface area contributed by atoms with Crippen LogP contribution in [0.3, 0.4) is 0 Å². The van der Waals surface area contributed by atoms with Crippen LogP contribution in [0, 0.1) is 5.92 Å². The minimum atomic E-state index is 0.593. The summed E-state index contributed by atoms with van der Waals surface area (Å²) in [5, 5.41) is 7.11. The summed E-state index contributed by atoms with van der Waals surface area (Å²) in [5.41, 5.74) is 0. The molecule has 0 bridgehead atoms. The topological polar surface area (TPSA) is 49.8 Å². The van der Waals surface area contributed by atoms with Gasteiger partial charge in [-0.3, -0.25) is 0 Å². The van der Waals surface area contributed by atoms with Crippen LogP contribution in [0.2, 0.25) is 5.02 Å². The summed E-state index contributed by atoms with van der Waals surface area (Å²) < 4.78 is 0. The number of aromatic nitrogens is 2. The molecule has 1 aromatic heterocycles. The predicted molar refractivity (Wildman–Crippen MR) is 76.3 cm³/mol. The Kier molecular flexibility index (Phi) is 5.05. The van der Waals surface area contributed by atoms with E-state index in [1.807, 2.05) is 0 Å². The normalized spacial score (nSPS) is 15.9. The second kappa shape index (κ2) is 6.78. The van der Waals surface area contributed by atoms with E-state index in [4.69, 9.17) is 11.6 Å². The Labute approximate surface area is 114 Å². The van der Waals surface area contributed by atoms with E-state index in [9.17, 15) is 0 Å². The van der Waals surface area contributed by atoms with Crippen LogP contribution in [0.15, 0.2) is 6.20 Å². The molecule has 0 aromatic carbocycles. The number of anilines is 2. The van der Waals surface area contributed by atoms with Gasteiger partial charge in [0.1, 0.15) is 10.8 Å². The lowest BCUT2D eigenvalue weighted by Gasteiger charge is -2.13. The number of nitrogens with one attached hydrogen (secondary N) is 2. The molecule has 0 atom stereocenters. The molecule has 0 unspecified atom stereocenters. The molecule has 0 spiro atoms. The fourth-order valence-electron chi connectivity index (χ4n) is 2.27. The molecule has 2 N–H and O–H groups in total. The van der Waals surface area contributed by atoms with Crippen LogP contribution in [-0.2, 0) is 0 Å². The summed E-state index contributed by atoms with van der Waals surface area (Å²) in [6.45, 7) is 3.95.